The van der Waals surface area contributed by atoms with Crippen LogP contribution < -0.4 is 5.32 Å². The second-order valence-electron chi connectivity index (χ2n) is 4.13. The number of nitrogens with one attached hydrogen (secondary N) is 1. The highest BCUT2D eigenvalue weighted by molar-refractivity contribution is 5.97. The predicted octanol–water partition coefficient (Wildman–Crippen LogP) is -0.706. The van der Waals surface area contributed by atoms with Crippen molar-refractivity contribution >= 4 is 5.91 Å². The summed E-state index contributed by atoms with van der Waals surface area (Å²) >= 11 is 0. The number of nitrogens with zero attached hydrogens (tertiary/aromatic N) is 3. The predicted molar refractivity (Wildman–Crippen MR) is 68.0 cm³/mol. The van der Waals surface area contributed by atoms with E-state index in [1.54, 1.807) is 16.3 Å². The fourth-order valence-corrected chi connectivity index (χ4v) is 1.79. The van der Waals surface area contributed by atoms with Crippen LogP contribution in [0, 0.1) is 0 Å². The number of aryl methyl sites for hydroxylation is 1. The van der Waals surface area contributed by atoms with Gasteiger partial charge in [0.1, 0.15) is 11.4 Å². The third-order valence-electron chi connectivity index (χ3n) is 2.78. The topological polar surface area (TPSA) is 92.3 Å². The first-order chi connectivity index (χ1) is 9.17. The van der Waals surface area contributed by atoms with E-state index >= 15 is 0 Å². The summed E-state index contributed by atoms with van der Waals surface area (Å²) in [6.45, 7) is -0.636. The van der Waals surface area contributed by atoms with Gasteiger partial charge in [0.15, 0.2) is 0 Å². The molecular formula is C12H16N4O3. The molecule has 2 rings (SSSR count). The first-order valence-corrected chi connectivity index (χ1v) is 5.85. The van der Waals surface area contributed by atoms with Gasteiger partial charge in [-0.05, 0) is 12.1 Å². The van der Waals surface area contributed by atoms with Gasteiger partial charge in [-0.15, -0.1) is 0 Å². The molecule has 0 spiro atoms. The van der Waals surface area contributed by atoms with E-state index in [0.29, 0.717) is 11.4 Å². The Bertz CT molecular complexity index is 543. The quantitative estimate of drug-likeness (QED) is 0.665. The molecule has 0 saturated carbocycles. The fraction of sp³-hybridized carbons (Fsp3) is 0.333. The molecule has 0 aromatic carbocycles. The van der Waals surface area contributed by atoms with Gasteiger partial charge in [0.2, 0.25) is 0 Å². The third-order valence-corrected chi connectivity index (χ3v) is 2.78. The molecule has 0 fully saturated rings. The number of aromatic nitrogens is 3. The molecule has 19 heavy (non-hydrogen) atoms. The number of rotatable bonds is 5. The Morgan fingerprint density at radius 3 is 2.58 bits per heavy atom. The molecule has 2 aromatic heterocycles. The Hall–Kier alpha value is -2.12. The molecule has 0 aliphatic rings. The number of aliphatic hydroxyl groups is 2. The molecule has 0 aliphatic heterocycles. The molecule has 1 amide bonds. The molecule has 102 valence electrons. The Morgan fingerprint density at radius 1 is 1.37 bits per heavy atom. The van der Waals surface area contributed by atoms with E-state index in [4.69, 9.17) is 10.2 Å². The van der Waals surface area contributed by atoms with E-state index in [9.17, 15) is 4.79 Å². The van der Waals surface area contributed by atoms with E-state index in [-0.39, 0.29) is 19.1 Å². The Morgan fingerprint density at radius 2 is 2.00 bits per heavy atom. The first-order valence-electron chi connectivity index (χ1n) is 5.85. The maximum atomic E-state index is 12.1. The van der Waals surface area contributed by atoms with Gasteiger partial charge in [0.25, 0.3) is 5.91 Å². The number of carbonyl (C=O) groups excluding carboxylic acids is 1. The van der Waals surface area contributed by atoms with Gasteiger partial charge in [-0.1, -0.05) is 0 Å². The second kappa shape index (κ2) is 5.68. The maximum Gasteiger partial charge on any atom is 0.257 e. The lowest BCUT2D eigenvalue weighted by atomic mass is 10.2. The fourth-order valence-electron chi connectivity index (χ4n) is 1.79. The Kier molecular flexibility index (Phi) is 3.98. The van der Waals surface area contributed by atoms with Crippen LogP contribution in [0.2, 0.25) is 0 Å². The van der Waals surface area contributed by atoms with Crippen LogP contribution in [0.4, 0.5) is 0 Å². The number of aliphatic hydroxyl groups excluding tert-OH is 2. The summed E-state index contributed by atoms with van der Waals surface area (Å²) in [7, 11) is 1.74. The zero-order valence-corrected chi connectivity index (χ0v) is 10.5. The van der Waals surface area contributed by atoms with Crippen molar-refractivity contribution < 1.29 is 15.0 Å². The molecule has 2 aromatic rings. The molecular weight excluding hydrogens is 248 g/mol. The van der Waals surface area contributed by atoms with Crippen LogP contribution in [-0.4, -0.2) is 49.7 Å². The standard InChI is InChI=1S/C12H16N4O3/c1-15-12(16-4-2-3-5-16)10(6-13-15)11(19)14-9(7-17)8-18/h2-6,9,17-18H,7-8H2,1H3,(H,14,19). The summed E-state index contributed by atoms with van der Waals surface area (Å²) in [5.74, 6) is 0.238. The van der Waals surface area contributed by atoms with Crippen LogP contribution in [0.3, 0.4) is 0 Å². The van der Waals surface area contributed by atoms with Crippen LogP contribution in [0.5, 0.6) is 0 Å². The normalized spacial score (nSPS) is 10.9. The van der Waals surface area contributed by atoms with Crippen LogP contribution >= 0.6 is 0 Å². The number of hydrogen-bond acceptors (Lipinski definition) is 4. The summed E-state index contributed by atoms with van der Waals surface area (Å²) in [6.07, 6.45) is 5.07. The second-order valence-corrected chi connectivity index (χ2v) is 4.13. The highest BCUT2D eigenvalue weighted by Gasteiger charge is 2.19. The van der Waals surface area contributed by atoms with Crippen LogP contribution in [0.15, 0.2) is 30.7 Å². The molecule has 7 heteroatoms. The highest BCUT2D eigenvalue weighted by atomic mass is 16.3. The number of carbonyl (C=O) groups is 1. The molecule has 0 aliphatic carbocycles. The minimum atomic E-state index is -0.676. The minimum Gasteiger partial charge on any atom is -0.394 e. The molecule has 0 unspecified atom stereocenters. The summed E-state index contributed by atoms with van der Waals surface area (Å²) < 4.78 is 3.36. The van der Waals surface area contributed by atoms with Crippen LogP contribution in [0.25, 0.3) is 5.82 Å². The van der Waals surface area contributed by atoms with Crippen molar-refractivity contribution in [3.05, 3.63) is 36.3 Å². The minimum absolute atomic E-state index is 0.318. The van der Waals surface area contributed by atoms with E-state index < -0.39 is 6.04 Å². The summed E-state index contributed by atoms with van der Waals surface area (Å²) in [5.41, 5.74) is 0.380. The Labute approximate surface area is 110 Å². The lowest BCUT2D eigenvalue weighted by molar-refractivity contribution is 0.0879. The van der Waals surface area contributed by atoms with Gasteiger partial charge in [0, 0.05) is 19.4 Å². The summed E-state index contributed by atoms with van der Waals surface area (Å²) in [4.78, 5) is 12.1. The van der Waals surface area contributed by atoms with Gasteiger partial charge in [-0.3, -0.25) is 9.48 Å². The molecule has 2 heterocycles. The van der Waals surface area contributed by atoms with Crippen molar-refractivity contribution in [2.45, 2.75) is 6.04 Å². The number of amides is 1. The maximum absolute atomic E-state index is 12.1. The van der Waals surface area contributed by atoms with Crippen molar-refractivity contribution in [3.8, 4) is 5.82 Å². The van der Waals surface area contributed by atoms with E-state index in [2.05, 4.69) is 10.4 Å². The molecule has 0 bridgehead atoms. The van der Waals surface area contributed by atoms with Gasteiger partial charge >= 0.3 is 0 Å². The zero-order chi connectivity index (χ0) is 13.8. The average molecular weight is 264 g/mol. The van der Waals surface area contributed by atoms with Crippen molar-refractivity contribution in [2.75, 3.05) is 13.2 Å². The smallest absolute Gasteiger partial charge is 0.257 e. The van der Waals surface area contributed by atoms with Gasteiger partial charge in [0.05, 0.1) is 25.5 Å². The first kappa shape index (κ1) is 13.3. The Balaban J connectivity index is 2.28. The van der Waals surface area contributed by atoms with Crippen LogP contribution in [0.1, 0.15) is 10.4 Å². The van der Waals surface area contributed by atoms with Crippen molar-refractivity contribution in [1.29, 1.82) is 0 Å². The largest absolute Gasteiger partial charge is 0.394 e. The molecule has 3 N–H and O–H groups in total. The van der Waals surface area contributed by atoms with Gasteiger partial charge in [-0.2, -0.15) is 5.10 Å². The monoisotopic (exact) mass is 264 g/mol. The van der Waals surface area contributed by atoms with Crippen molar-refractivity contribution in [2.24, 2.45) is 7.05 Å². The van der Waals surface area contributed by atoms with Crippen molar-refractivity contribution in [3.63, 3.8) is 0 Å². The van der Waals surface area contributed by atoms with E-state index in [1.165, 1.54) is 6.20 Å². The molecule has 0 saturated heterocycles. The highest BCUT2D eigenvalue weighted by Crippen LogP contribution is 2.13. The van der Waals surface area contributed by atoms with Crippen LogP contribution in [-0.2, 0) is 7.05 Å². The molecule has 0 radical (unpaired) electrons. The number of hydrogen-bond donors (Lipinski definition) is 3. The summed E-state index contributed by atoms with van der Waals surface area (Å²) in [6, 6.07) is 3.02. The molecule has 7 nitrogen and oxygen atoms in total. The molecule has 0 atom stereocenters. The lowest BCUT2D eigenvalue weighted by Gasteiger charge is -2.13. The van der Waals surface area contributed by atoms with Crippen molar-refractivity contribution in [1.82, 2.24) is 19.7 Å². The SMILES string of the molecule is Cn1ncc(C(=O)NC(CO)CO)c1-n1cccc1. The van der Waals surface area contributed by atoms with E-state index in [0.717, 1.165) is 0 Å². The summed E-state index contributed by atoms with van der Waals surface area (Å²) in [5, 5.41) is 24.6. The van der Waals surface area contributed by atoms with E-state index in [1.807, 2.05) is 24.5 Å². The lowest BCUT2D eigenvalue weighted by Crippen LogP contribution is -2.40. The average Bonchev–Trinajstić information content (AvgIpc) is 3.04. The zero-order valence-electron chi connectivity index (χ0n) is 10.5. The third kappa shape index (κ3) is 2.67. The van der Waals surface area contributed by atoms with Gasteiger partial charge < -0.3 is 20.1 Å². The van der Waals surface area contributed by atoms with Gasteiger partial charge in [-0.25, -0.2) is 0 Å².